The predicted molar refractivity (Wildman–Crippen MR) is 32.8 cm³/mol. The number of rotatable bonds is 1. The number of hydrogen-bond donors (Lipinski definition) is 0. The maximum Gasteiger partial charge on any atom is 0 e. The monoisotopic (exact) mass is 212 g/mol. The second-order valence-electron chi connectivity index (χ2n) is 2.48. The summed E-state index contributed by atoms with van der Waals surface area (Å²) in [6.07, 6.45) is 0. The van der Waals surface area contributed by atoms with E-state index in [2.05, 4.69) is 0 Å². The van der Waals surface area contributed by atoms with Gasteiger partial charge in [-0.2, -0.15) is 0 Å². The van der Waals surface area contributed by atoms with Crippen LogP contribution in [0.5, 0.6) is 0 Å². The quantitative estimate of drug-likeness (QED) is 0.357. The second-order valence-corrected chi connectivity index (χ2v) is 7.45. The molecule has 48 valence electrons. The molecule has 0 aliphatic rings. The Kier molecular flexibility index (Phi) is 5.69. The van der Waals surface area contributed by atoms with Crippen LogP contribution < -0.4 is 0 Å². The molecule has 0 radical (unpaired) electrons. The average Bonchev–Trinajstić information content (AvgIpc) is 1.35. The van der Waals surface area contributed by atoms with E-state index in [-0.39, 0.29) is 20.4 Å². The van der Waals surface area contributed by atoms with E-state index in [9.17, 15) is 4.79 Å². The van der Waals surface area contributed by atoms with Gasteiger partial charge in [-0.15, -0.1) is 0 Å². The molecule has 0 atom stereocenters. The molecule has 0 amide bonds. The zero-order chi connectivity index (χ0) is 5.21. The summed E-state index contributed by atoms with van der Waals surface area (Å²) in [5.41, 5.74) is 0. The maximum atomic E-state index is 9.89. The Labute approximate surface area is 58.9 Å². The minimum Gasteiger partial charge on any atom is 0 e. The Hall–Kier alpha value is 0.762. The van der Waals surface area contributed by atoms with Gasteiger partial charge in [0.15, 0.2) is 0 Å². The molecule has 0 unspecified atom stereocenters. The largest absolute Gasteiger partial charge is 0 e. The fourth-order valence-electron chi connectivity index (χ4n) is 0. The molecular weight excluding hydrogens is 201 g/mol. The van der Waals surface area contributed by atoms with E-state index < -0.39 is 7.26 Å². The topological polar surface area (TPSA) is 17.1 Å². The molecule has 0 aliphatic heterocycles. The normalized spacial score (nSPS) is 11.9. The minimum atomic E-state index is -1.31. The molecule has 0 aliphatic carbocycles. The Balaban J connectivity index is 0. The van der Waals surface area contributed by atoms with Gasteiger partial charge in [-0.05, 0) is 0 Å². The Morgan fingerprint density at radius 2 is 1.43 bits per heavy atom. The van der Waals surface area contributed by atoms with Gasteiger partial charge in [0, 0.05) is 20.4 Å². The third-order valence-electron chi connectivity index (χ3n) is 0.354. The van der Waals surface area contributed by atoms with Gasteiger partial charge in [-0.3, -0.25) is 0 Å². The van der Waals surface area contributed by atoms with Crippen molar-refractivity contribution in [1.82, 2.24) is 0 Å². The molecular formula is C4H11OPPd. The van der Waals surface area contributed by atoms with Crippen molar-refractivity contribution in [2.75, 3.05) is 20.0 Å². The molecule has 0 saturated heterocycles. The van der Waals surface area contributed by atoms with Gasteiger partial charge >= 0.3 is 38.1 Å². The number of hydrogen-bond acceptors (Lipinski definition) is 1. The zero-order valence-corrected chi connectivity index (χ0v) is 7.36. The first-order chi connectivity index (χ1) is 2.56. The average molecular weight is 213 g/mol. The van der Waals surface area contributed by atoms with Gasteiger partial charge in [0.1, 0.15) is 0 Å². The zero-order valence-electron chi connectivity index (χ0n) is 4.80. The molecule has 0 saturated carbocycles. The van der Waals surface area contributed by atoms with E-state index in [1.54, 1.807) is 0 Å². The standard InChI is InChI=1S/C4H11OP.Pd/c1-6(2,3)4-5;/h4,6H,1-3H3;. The molecule has 0 fully saturated rings. The van der Waals surface area contributed by atoms with Crippen molar-refractivity contribution in [3.63, 3.8) is 0 Å². The van der Waals surface area contributed by atoms with Crippen molar-refractivity contribution >= 4 is 13.3 Å². The Morgan fingerprint density at radius 3 is 1.43 bits per heavy atom. The summed E-state index contributed by atoms with van der Waals surface area (Å²) in [5, 5.41) is 0. The van der Waals surface area contributed by atoms with Crippen molar-refractivity contribution in [2.24, 2.45) is 0 Å². The van der Waals surface area contributed by atoms with Gasteiger partial charge in [-0.25, -0.2) is 0 Å². The predicted octanol–water partition coefficient (Wildman–Crippen LogP) is 0.813. The SMILES string of the molecule is C[PH](C)(C)C=O.[Pd]. The van der Waals surface area contributed by atoms with Gasteiger partial charge < -0.3 is 0 Å². The second kappa shape index (κ2) is 3.73. The van der Waals surface area contributed by atoms with Crippen molar-refractivity contribution in [2.45, 2.75) is 0 Å². The van der Waals surface area contributed by atoms with Crippen LogP contribution in [-0.2, 0) is 25.2 Å². The van der Waals surface area contributed by atoms with Crippen LogP contribution in [0.15, 0.2) is 0 Å². The molecule has 0 N–H and O–H groups in total. The van der Waals surface area contributed by atoms with E-state index in [1.807, 2.05) is 20.0 Å². The molecule has 7 heavy (non-hydrogen) atoms. The molecule has 0 aromatic carbocycles. The summed E-state index contributed by atoms with van der Waals surface area (Å²) < 4.78 is 0. The van der Waals surface area contributed by atoms with Crippen molar-refractivity contribution in [3.8, 4) is 0 Å². The van der Waals surface area contributed by atoms with Crippen molar-refractivity contribution < 1.29 is 25.2 Å². The third-order valence-corrected chi connectivity index (χ3v) is 1.06. The van der Waals surface area contributed by atoms with E-state index in [4.69, 9.17) is 0 Å². The van der Waals surface area contributed by atoms with E-state index in [0.29, 0.717) is 0 Å². The van der Waals surface area contributed by atoms with Gasteiger partial charge in [0.25, 0.3) is 0 Å². The van der Waals surface area contributed by atoms with Crippen LogP contribution in [0, 0.1) is 0 Å². The summed E-state index contributed by atoms with van der Waals surface area (Å²) in [4.78, 5) is 9.89. The Bertz CT molecular complexity index is 57.2. The van der Waals surface area contributed by atoms with Crippen LogP contribution in [0.2, 0.25) is 0 Å². The van der Waals surface area contributed by atoms with E-state index in [0.717, 1.165) is 6.03 Å². The van der Waals surface area contributed by atoms with Gasteiger partial charge in [0.05, 0.1) is 0 Å². The maximum absolute atomic E-state index is 9.89. The fraction of sp³-hybridized carbons (Fsp3) is 0.750. The fourth-order valence-corrected chi connectivity index (χ4v) is 0. The van der Waals surface area contributed by atoms with Crippen molar-refractivity contribution in [1.29, 1.82) is 0 Å². The molecule has 0 rings (SSSR count). The first-order valence-corrected chi connectivity index (χ1v) is 5.60. The molecule has 0 spiro atoms. The van der Waals surface area contributed by atoms with Crippen LogP contribution in [0.4, 0.5) is 0 Å². The molecule has 1 nitrogen and oxygen atoms in total. The molecule has 0 aromatic heterocycles. The minimum absolute atomic E-state index is 0. The van der Waals surface area contributed by atoms with Crippen LogP contribution in [0.1, 0.15) is 0 Å². The van der Waals surface area contributed by atoms with E-state index in [1.165, 1.54) is 0 Å². The van der Waals surface area contributed by atoms with Crippen LogP contribution in [0.3, 0.4) is 0 Å². The Morgan fingerprint density at radius 1 is 1.29 bits per heavy atom. The summed E-state index contributed by atoms with van der Waals surface area (Å²) in [6.45, 7) is 6.04. The van der Waals surface area contributed by atoms with Gasteiger partial charge in [-0.1, -0.05) is 0 Å². The van der Waals surface area contributed by atoms with Gasteiger partial charge in [0.2, 0.25) is 0 Å². The third kappa shape index (κ3) is 10.8. The smallest absolute Gasteiger partial charge is 0 e. The van der Waals surface area contributed by atoms with Crippen LogP contribution in [-0.4, -0.2) is 26.0 Å². The summed E-state index contributed by atoms with van der Waals surface area (Å²) in [6, 6.07) is 1.08. The number of carbonyl (C=O) groups is 1. The summed E-state index contributed by atoms with van der Waals surface area (Å²) >= 11 is 0. The van der Waals surface area contributed by atoms with Crippen molar-refractivity contribution in [3.05, 3.63) is 0 Å². The summed E-state index contributed by atoms with van der Waals surface area (Å²) in [5.74, 6) is 0. The molecule has 0 aromatic rings. The van der Waals surface area contributed by atoms with Crippen LogP contribution in [0.25, 0.3) is 0 Å². The number of carbonyl (C=O) groups excluding carboxylic acids is 1. The van der Waals surface area contributed by atoms with Crippen LogP contribution >= 0.6 is 7.26 Å². The molecule has 0 bridgehead atoms. The molecule has 3 heteroatoms. The van der Waals surface area contributed by atoms with E-state index >= 15 is 0 Å². The first kappa shape index (κ1) is 10.7. The molecule has 0 heterocycles. The summed E-state index contributed by atoms with van der Waals surface area (Å²) in [7, 11) is -1.31. The first-order valence-electron chi connectivity index (χ1n) is 2.02.